The summed E-state index contributed by atoms with van der Waals surface area (Å²) in [5, 5.41) is 5.81. The van der Waals surface area contributed by atoms with Crippen LogP contribution in [0.25, 0.3) is 0 Å². The first-order chi connectivity index (χ1) is 20.1. The van der Waals surface area contributed by atoms with Gasteiger partial charge in [0.15, 0.2) is 0 Å². The molecule has 42 heavy (non-hydrogen) atoms. The van der Waals surface area contributed by atoms with E-state index in [0.29, 0.717) is 37.2 Å². The van der Waals surface area contributed by atoms with Crippen molar-refractivity contribution in [3.05, 3.63) is 35.9 Å². The third-order valence-electron chi connectivity index (χ3n) is 7.77. The Morgan fingerprint density at radius 2 is 1.86 bits per heavy atom. The predicted molar refractivity (Wildman–Crippen MR) is 164 cm³/mol. The lowest BCUT2D eigenvalue weighted by atomic mass is 9.92. The second-order valence-corrected chi connectivity index (χ2v) is 11.7. The van der Waals surface area contributed by atoms with Crippen molar-refractivity contribution in [1.29, 1.82) is 0 Å². The minimum absolute atomic E-state index is 0.105. The molecule has 9 nitrogen and oxygen atoms in total. The molecule has 0 aromatic heterocycles. The molecular weight excluding hydrogens is 534 g/mol. The Bertz CT molecular complexity index is 1060. The Labute approximate surface area is 251 Å². The number of carbonyl (C=O) groups is 4. The average molecular weight is 586 g/mol. The highest BCUT2D eigenvalue weighted by atomic mass is 16.5. The lowest BCUT2D eigenvalue weighted by Crippen LogP contribution is -2.52. The fraction of sp³-hybridized carbons (Fsp3) is 0.636. The van der Waals surface area contributed by atoms with Gasteiger partial charge in [-0.2, -0.15) is 0 Å². The average Bonchev–Trinajstić information content (AvgIpc) is 2.97. The standard InChI is InChI=1S/C33H51N3O6/c1-7-13-24-14-11-9-8-10-12-15-25(19-27(22-37)34-32(39)29(18-23(2)3)35-31(24)38)33(40)36(4)21-26-16-17-28(41-5)20-30(26)42-6/h10,12,16-17,20,22-25,27,29H,7-9,11,13-15,18-19,21H2,1-6H3,(H,34,39)(H,35,38)/b12-10+. The zero-order chi connectivity index (χ0) is 31.1. The first-order valence-electron chi connectivity index (χ1n) is 15.3. The zero-order valence-corrected chi connectivity index (χ0v) is 26.3. The van der Waals surface area contributed by atoms with Crippen molar-refractivity contribution < 1.29 is 28.7 Å². The number of ether oxygens (including phenoxy) is 2. The van der Waals surface area contributed by atoms with Crippen LogP contribution >= 0.6 is 0 Å². The molecule has 0 radical (unpaired) electrons. The smallest absolute Gasteiger partial charge is 0.243 e. The molecule has 1 aliphatic heterocycles. The third kappa shape index (κ3) is 11.1. The Balaban J connectivity index is 2.29. The molecule has 2 rings (SSSR count). The van der Waals surface area contributed by atoms with Crippen LogP contribution in [0.15, 0.2) is 30.4 Å². The van der Waals surface area contributed by atoms with E-state index >= 15 is 0 Å². The van der Waals surface area contributed by atoms with Crippen LogP contribution < -0.4 is 20.1 Å². The molecule has 3 amide bonds. The summed E-state index contributed by atoms with van der Waals surface area (Å²) >= 11 is 0. The first kappa shape index (κ1) is 34.8. The van der Waals surface area contributed by atoms with Gasteiger partial charge in [-0.05, 0) is 63.0 Å². The van der Waals surface area contributed by atoms with Gasteiger partial charge in [0.25, 0.3) is 0 Å². The maximum atomic E-state index is 13.7. The molecule has 4 atom stereocenters. The molecule has 0 bridgehead atoms. The van der Waals surface area contributed by atoms with Gasteiger partial charge in [-0.15, -0.1) is 0 Å². The van der Waals surface area contributed by atoms with Gasteiger partial charge < -0.3 is 29.8 Å². The van der Waals surface area contributed by atoms with Gasteiger partial charge in [0.2, 0.25) is 17.7 Å². The Morgan fingerprint density at radius 3 is 2.50 bits per heavy atom. The Hall–Kier alpha value is -3.36. The Morgan fingerprint density at radius 1 is 1.10 bits per heavy atom. The van der Waals surface area contributed by atoms with E-state index in [1.165, 1.54) is 0 Å². The van der Waals surface area contributed by atoms with Crippen molar-refractivity contribution in [3.8, 4) is 11.5 Å². The van der Waals surface area contributed by atoms with E-state index in [9.17, 15) is 19.2 Å². The summed E-state index contributed by atoms with van der Waals surface area (Å²) in [7, 11) is 4.88. The fourth-order valence-corrected chi connectivity index (χ4v) is 5.44. The first-order valence-corrected chi connectivity index (χ1v) is 15.3. The maximum Gasteiger partial charge on any atom is 0.243 e. The number of aldehydes is 1. The molecule has 234 valence electrons. The van der Waals surface area contributed by atoms with Gasteiger partial charge in [-0.3, -0.25) is 14.4 Å². The predicted octanol–water partition coefficient (Wildman–Crippen LogP) is 4.82. The molecule has 0 saturated carbocycles. The third-order valence-corrected chi connectivity index (χ3v) is 7.77. The number of nitrogens with zero attached hydrogens (tertiary/aromatic N) is 1. The largest absolute Gasteiger partial charge is 0.497 e. The van der Waals surface area contributed by atoms with E-state index < -0.39 is 23.9 Å². The number of benzene rings is 1. The number of methoxy groups -OCH3 is 2. The minimum Gasteiger partial charge on any atom is -0.497 e. The number of rotatable bonds is 10. The molecule has 0 spiro atoms. The summed E-state index contributed by atoms with van der Waals surface area (Å²) in [4.78, 5) is 54.1. The SMILES string of the molecule is CCCC1CCCC/C=C/CC(C(=O)N(C)Cc2ccc(OC)cc2OC)CC(C=O)NC(=O)C(CC(C)C)NC1=O. The van der Waals surface area contributed by atoms with E-state index in [2.05, 4.69) is 23.6 Å². The summed E-state index contributed by atoms with van der Waals surface area (Å²) in [6.45, 7) is 6.36. The van der Waals surface area contributed by atoms with Crippen molar-refractivity contribution in [2.24, 2.45) is 17.8 Å². The van der Waals surface area contributed by atoms with Crippen LogP contribution in [0.1, 0.15) is 84.1 Å². The molecule has 2 N–H and O–H groups in total. The van der Waals surface area contributed by atoms with Crippen molar-refractivity contribution in [1.82, 2.24) is 15.5 Å². The second-order valence-electron chi connectivity index (χ2n) is 11.7. The summed E-state index contributed by atoms with van der Waals surface area (Å²) < 4.78 is 10.8. The van der Waals surface area contributed by atoms with Gasteiger partial charge in [0.05, 0.1) is 20.3 Å². The maximum absolute atomic E-state index is 13.7. The topological polar surface area (TPSA) is 114 Å². The number of amides is 3. The van der Waals surface area contributed by atoms with Crippen molar-refractivity contribution in [3.63, 3.8) is 0 Å². The number of hydrogen-bond acceptors (Lipinski definition) is 6. The van der Waals surface area contributed by atoms with E-state index in [1.54, 1.807) is 32.2 Å². The number of allylic oxidation sites excluding steroid dienone is 2. The van der Waals surface area contributed by atoms with Crippen LogP contribution in [0.4, 0.5) is 0 Å². The van der Waals surface area contributed by atoms with Crippen LogP contribution in [-0.4, -0.2) is 62.3 Å². The van der Waals surface area contributed by atoms with Crippen LogP contribution in [0, 0.1) is 17.8 Å². The second kappa shape index (κ2) is 18.2. The summed E-state index contributed by atoms with van der Waals surface area (Å²) in [6.07, 6.45) is 10.9. The molecule has 9 heteroatoms. The van der Waals surface area contributed by atoms with Crippen molar-refractivity contribution in [2.75, 3.05) is 21.3 Å². The number of hydrogen-bond donors (Lipinski definition) is 2. The summed E-state index contributed by atoms with van der Waals surface area (Å²) in [5.74, 6) is 0.141. The summed E-state index contributed by atoms with van der Waals surface area (Å²) in [6, 6.07) is 3.85. The van der Waals surface area contributed by atoms with E-state index in [-0.39, 0.29) is 30.1 Å². The van der Waals surface area contributed by atoms with Gasteiger partial charge in [-0.1, -0.05) is 45.8 Å². The molecule has 0 saturated heterocycles. The summed E-state index contributed by atoms with van der Waals surface area (Å²) in [5.41, 5.74) is 0.826. The zero-order valence-electron chi connectivity index (χ0n) is 26.3. The molecule has 1 heterocycles. The van der Waals surface area contributed by atoms with Gasteiger partial charge >= 0.3 is 0 Å². The Kier molecular flexibility index (Phi) is 15.1. The van der Waals surface area contributed by atoms with Crippen LogP contribution in [0.2, 0.25) is 0 Å². The molecule has 1 aromatic rings. The van der Waals surface area contributed by atoms with Crippen LogP contribution in [0.3, 0.4) is 0 Å². The molecule has 1 aliphatic rings. The molecule has 4 unspecified atom stereocenters. The number of carbonyl (C=O) groups excluding carboxylic acids is 4. The molecular formula is C33H51N3O6. The lowest BCUT2D eigenvalue weighted by molar-refractivity contribution is -0.136. The lowest BCUT2D eigenvalue weighted by Gasteiger charge is -2.28. The van der Waals surface area contributed by atoms with E-state index in [1.807, 2.05) is 32.1 Å². The quantitative estimate of drug-likeness (QED) is 0.301. The normalized spacial score (nSPS) is 23.4. The van der Waals surface area contributed by atoms with E-state index in [4.69, 9.17) is 9.47 Å². The monoisotopic (exact) mass is 585 g/mol. The fourth-order valence-electron chi connectivity index (χ4n) is 5.44. The minimum atomic E-state index is -0.866. The van der Waals surface area contributed by atoms with Gasteiger partial charge in [0.1, 0.15) is 23.8 Å². The molecule has 0 fully saturated rings. The molecule has 0 aliphatic carbocycles. The van der Waals surface area contributed by atoms with E-state index in [0.717, 1.165) is 44.1 Å². The van der Waals surface area contributed by atoms with Crippen LogP contribution in [-0.2, 0) is 25.7 Å². The number of nitrogens with one attached hydrogen (secondary N) is 2. The highest BCUT2D eigenvalue weighted by Gasteiger charge is 2.30. The van der Waals surface area contributed by atoms with Gasteiger partial charge in [-0.25, -0.2) is 0 Å². The van der Waals surface area contributed by atoms with Crippen molar-refractivity contribution in [2.45, 2.75) is 97.2 Å². The van der Waals surface area contributed by atoms with Gasteiger partial charge in [0, 0.05) is 37.1 Å². The van der Waals surface area contributed by atoms with Crippen molar-refractivity contribution >= 4 is 24.0 Å². The molecule has 1 aromatic carbocycles. The van der Waals surface area contributed by atoms with Crippen LogP contribution in [0.5, 0.6) is 11.5 Å². The highest BCUT2D eigenvalue weighted by Crippen LogP contribution is 2.27. The highest BCUT2D eigenvalue weighted by molar-refractivity contribution is 5.90.